The second-order valence-electron chi connectivity index (χ2n) is 3.56. The van der Waals surface area contributed by atoms with Gasteiger partial charge in [0.2, 0.25) is 5.88 Å². The van der Waals surface area contributed by atoms with Crippen LogP contribution in [0.2, 0.25) is 0 Å². The van der Waals surface area contributed by atoms with Gasteiger partial charge in [0.15, 0.2) is 5.57 Å². The Bertz CT molecular complexity index is 558. The molecule has 1 heterocycles. The first-order valence-electron chi connectivity index (χ1n) is 6.35. The molecule has 0 saturated carbocycles. The maximum Gasteiger partial charge on any atom is 0.348 e. The molecule has 0 aliphatic carbocycles. The lowest BCUT2D eigenvalue weighted by Gasteiger charge is -2.01. The lowest BCUT2D eigenvalue weighted by atomic mass is 10.3. The Labute approximate surface area is 156 Å². The number of hydrogen-bond acceptors (Lipinski definition) is 11. The van der Waals surface area contributed by atoms with E-state index in [2.05, 4.69) is 40.8 Å². The van der Waals surface area contributed by atoms with Crippen molar-refractivity contribution < 1.29 is 38.1 Å². The largest absolute Gasteiger partial charge is 0.503 e. The molecule has 0 aliphatic heterocycles. The van der Waals surface area contributed by atoms with Gasteiger partial charge in [-0.3, -0.25) is 11.7 Å². The Hall–Kier alpha value is -2.83. The number of carbonyl (C=O) groups is 3. The zero-order chi connectivity index (χ0) is 19.8. The molecule has 1 aromatic rings. The first-order chi connectivity index (χ1) is 12.0. The van der Waals surface area contributed by atoms with Crippen LogP contribution in [0.5, 0.6) is 5.88 Å². The number of aromatic amines is 1. The van der Waals surface area contributed by atoms with Gasteiger partial charge in [-0.2, -0.15) is 5.10 Å². The lowest BCUT2D eigenvalue weighted by molar-refractivity contribution is -0.144. The van der Waals surface area contributed by atoms with Crippen LogP contribution in [0.4, 0.5) is 0 Å². The number of rotatable bonds is 5. The number of ether oxygens (including phenoxy) is 5. The number of aromatic nitrogens is 2. The molecule has 150 valence electrons. The van der Waals surface area contributed by atoms with Crippen LogP contribution in [0.1, 0.15) is 10.4 Å². The third-order valence-corrected chi connectivity index (χ3v) is 2.26. The molecular weight excluding hydrogens is 376 g/mol. The van der Waals surface area contributed by atoms with Gasteiger partial charge < -0.3 is 23.7 Å². The van der Waals surface area contributed by atoms with E-state index in [9.17, 15) is 14.4 Å². The summed E-state index contributed by atoms with van der Waals surface area (Å²) in [5, 5.41) is 6.11. The van der Waals surface area contributed by atoms with Gasteiger partial charge in [0.1, 0.15) is 11.8 Å². The summed E-state index contributed by atoms with van der Waals surface area (Å²) in [6.07, 6.45) is 2.32. The van der Waals surface area contributed by atoms with E-state index in [-0.39, 0.29) is 18.0 Å². The normalized spacial score (nSPS) is 7.96. The fourth-order valence-corrected chi connectivity index (χ4v) is 1.20. The minimum Gasteiger partial charge on any atom is -0.503 e. The van der Waals surface area contributed by atoms with Gasteiger partial charge in [-0.1, -0.05) is 0 Å². The van der Waals surface area contributed by atoms with Crippen LogP contribution in [0, 0.1) is 0 Å². The smallest absolute Gasteiger partial charge is 0.348 e. The number of carbonyl (C=O) groups excluding carboxylic acids is 3. The standard InChI is InChI=1S/C7H10O5.C6H8N2O3.ClH.H4N2/c1-10-4-5(6(8)11-2)7(9)12-3;1-10-5-4(3-7-8-5)6(9)11-2;;1-2/h4H,1-3H3;3H,1-2H3,(H,7,8);1H;1-2H2. The van der Waals surface area contributed by atoms with E-state index in [1.807, 2.05) is 0 Å². The van der Waals surface area contributed by atoms with Crippen LogP contribution >= 0.6 is 12.4 Å². The average Bonchev–Trinajstić information content (AvgIpc) is 3.15. The van der Waals surface area contributed by atoms with Crippen molar-refractivity contribution in [3.63, 3.8) is 0 Å². The van der Waals surface area contributed by atoms with Crippen LogP contribution in [-0.4, -0.2) is 63.7 Å². The van der Waals surface area contributed by atoms with Gasteiger partial charge in [-0.25, -0.2) is 19.5 Å². The molecule has 26 heavy (non-hydrogen) atoms. The number of hydrogen-bond donors (Lipinski definition) is 3. The third kappa shape index (κ3) is 9.46. The van der Waals surface area contributed by atoms with Crippen LogP contribution < -0.4 is 16.4 Å². The molecule has 0 radical (unpaired) electrons. The molecule has 0 bridgehead atoms. The van der Waals surface area contributed by atoms with E-state index in [1.165, 1.54) is 27.5 Å². The van der Waals surface area contributed by atoms with E-state index in [1.54, 1.807) is 0 Å². The van der Waals surface area contributed by atoms with Crippen molar-refractivity contribution in [2.24, 2.45) is 11.7 Å². The Morgan fingerprint density at radius 3 is 1.85 bits per heavy atom. The number of halogens is 1. The highest BCUT2D eigenvalue weighted by Crippen LogP contribution is 2.13. The highest BCUT2D eigenvalue weighted by Gasteiger charge is 2.19. The molecule has 5 N–H and O–H groups in total. The second-order valence-corrected chi connectivity index (χ2v) is 3.56. The summed E-state index contributed by atoms with van der Waals surface area (Å²) in [6, 6.07) is 0. The van der Waals surface area contributed by atoms with Crippen molar-refractivity contribution in [3.05, 3.63) is 23.6 Å². The predicted molar refractivity (Wildman–Crippen MR) is 91.2 cm³/mol. The van der Waals surface area contributed by atoms with Crippen molar-refractivity contribution >= 4 is 30.3 Å². The van der Waals surface area contributed by atoms with Crippen LogP contribution in [-0.2, 0) is 28.5 Å². The highest BCUT2D eigenvalue weighted by molar-refractivity contribution is 6.13. The molecular formula is C13H23ClN4O8. The van der Waals surface area contributed by atoms with Gasteiger partial charge in [-0.15, -0.1) is 12.4 Å². The summed E-state index contributed by atoms with van der Waals surface area (Å²) in [4.78, 5) is 32.6. The maximum absolute atomic E-state index is 10.9. The van der Waals surface area contributed by atoms with Crippen LogP contribution in [0.15, 0.2) is 18.0 Å². The number of nitrogens with two attached hydrogens (primary N) is 2. The van der Waals surface area contributed by atoms with Crippen molar-refractivity contribution in [1.82, 2.24) is 10.2 Å². The molecule has 0 saturated heterocycles. The molecule has 0 aromatic carbocycles. The summed E-state index contributed by atoms with van der Waals surface area (Å²) in [5.74, 6) is 6.28. The number of H-pyrrole nitrogens is 1. The van der Waals surface area contributed by atoms with Gasteiger partial charge in [0.25, 0.3) is 0 Å². The van der Waals surface area contributed by atoms with E-state index >= 15 is 0 Å². The Kier molecular flexibility index (Phi) is 18.3. The average molecular weight is 399 g/mol. The van der Waals surface area contributed by atoms with Crippen molar-refractivity contribution in [2.75, 3.05) is 35.5 Å². The highest BCUT2D eigenvalue weighted by atomic mass is 35.5. The molecule has 1 rings (SSSR count). The monoisotopic (exact) mass is 398 g/mol. The van der Waals surface area contributed by atoms with E-state index in [0.29, 0.717) is 11.4 Å². The quantitative estimate of drug-likeness (QED) is 0.0834. The minimum atomic E-state index is -0.788. The second kappa shape index (κ2) is 17.0. The molecule has 0 amide bonds. The number of nitrogens with zero attached hydrogens (tertiary/aromatic N) is 1. The molecule has 13 heteroatoms. The topological polar surface area (TPSA) is 178 Å². The summed E-state index contributed by atoms with van der Waals surface area (Å²) in [7, 11) is 6.38. The van der Waals surface area contributed by atoms with E-state index < -0.39 is 17.9 Å². The number of hydrazine groups is 1. The molecule has 12 nitrogen and oxygen atoms in total. The van der Waals surface area contributed by atoms with Crippen molar-refractivity contribution in [3.8, 4) is 5.88 Å². The Morgan fingerprint density at radius 2 is 1.50 bits per heavy atom. The lowest BCUT2D eigenvalue weighted by Crippen LogP contribution is -2.15. The number of nitrogens with one attached hydrogen (secondary N) is 1. The zero-order valence-corrected chi connectivity index (χ0v) is 15.7. The summed E-state index contributed by atoms with van der Waals surface area (Å²) in [6.45, 7) is 0. The summed E-state index contributed by atoms with van der Waals surface area (Å²) >= 11 is 0. The molecule has 0 atom stereocenters. The Morgan fingerprint density at radius 1 is 1.00 bits per heavy atom. The van der Waals surface area contributed by atoms with E-state index in [0.717, 1.165) is 20.5 Å². The first-order valence-corrected chi connectivity index (χ1v) is 6.35. The number of esters is 3. The predicted octanol–water partition coefficient (Wildman–Crippen LogP) is -0.692. The molecule has 0 fully saturated rings. The minimum absolute atomic E-state index is 0. The van der Waals surface area contributed by atoms with Gasteiger partial charge in [-0.05, 0) is 0 Å². The first kappa shape index (κ1) is 28.0. The number of methoxy groups -OCH3 is 5. The fraction of sp³-hybridized carbons (Fsp3) is 0.385. The molecule has 0 spiro atoms. The molecule has 0 unspecified atom stereocenters. The van der Waals surface area contributed by atoms with Crippen LogP contribution in [0.25, 0.3) is 0 Å². The Balaban J connectivity index is -0.000000359. The van der Waals surface area contributed by atoms with Gasteiger partial charge >= 0.3 is 17.9 Å². The van der Waals surface area contributed by atoms with Crippen molar-refractivity contribution in [2.45, 2.75) is 0 Å². The SMILES string of the molecule is COC(=O)c1cn[nH]c1OC.COC=C(C(=O)OC)C(=O)OC.Cl.NN. The van der Waals surface area contributed by atoms with Crippen molar-refractivity contribution in [1.29, 1.82) is 0 Å². The van der Waals surface area contributed by atoms with Gasteiger partial charge in [0, 0.05) is 0 Å². The molecule has 1 aromatic heterocycles. The van der Waals surface area contributed by atoms with Gasteiger partial charge in [0.05, 0.1) is 41.7 Å². The zero-order valence-electron chi connectivity index (χ0n) is 14.9. The third-order valence-electron chi connectivity index (χ3n) is 2.26. The maximum atomic E-state index is 10.9. The van der Waals surface area contributed by atoms with E-state index in [4.69, 9.17) is 4.74 Å². The van der Waals surface area contributed by atoms with Crippen LogP contribution in [0.3, 0.4) is 0 Å². The summed E-state index contributed by atoms with van der Waals surface area (Å²) < 4.78 is 22.3. The summed E-state index contributed by atoms with van der Waals surface area (Å²) in [5.41, 5.74) is 0.0255. The fourth-order valence-electron chi connectivity index (χ4n) is 1.20. The molecule has 0 aliphatic rings.